The maximum absolute atomic E-state index is 12.5. The summed E-state index contributed by atoms with van der Waals surface area (Å²) in [6, 6.07) is 8.80. The van der Waals surface area contributed by atoms with Crippen LogP contribution in [0, 0.1) is 13.8 Å². The molecule has 0 saturated carbocycles. The molecule has 2 aromatic heterocycles. The third-order valence-corrected chi connectivity index (χ3v) is 3.62. The highest BCUT2D eigenvalue weighted by Gasteiger charge is 2.17. The average Bonchev–Trinajstić information content (AvgIpc) is 3.06. The molecule has 0 radical (unpaired) electrons. The van der Waals surface area contributed by atoms with Gasteiger partial charge in [-0.15, -0.1) is 10.2 Å². The summed E-state index contributed by atoms with van der Waals surface area (Å²) in [5.74, 6) is 0.145. The van der Waals surface area contributed by atoms with Gasteiger partial charge in [0.1, 0.15) is 17.1 Å². The SMILES string of the molecule is COc1ccccc1/C=N\NC(=O)c1cc(C)nn1-c1nnc(C)c(=O)[nH]1. The van der Waals surface area contributed by atoms with Crippen LogP contribution in [0.25, 0.3) is 5.95 Å². The summed E-state index contributed by atoms with van der Waals surface area (Å²) < 4.78 is 6.43. The minimum atomic E-state index is -0.523. The minimum absolute atomic E-state index is 0.0394. The number of amides is 1. The number of para-hydroxylation sites is 1. The number of hydrogen-bond donors (Lipinski definition) is 2. The summed E-state index contributed by atoms with van der Waals surface area (Å²) in [7, 11) is 1.55. The van der Waals surface area contributed by atoms with Crippen LogP contribution in [0.3, 0.4) is 0 Å². The van der Waals surface area contributed by atoms with Gasteiger partial charge in [-0.25, -0.2) is 5.43 Å². The van der Waals surface area contributed by atoms with Gasteiger partial charge in [0.25, 0.3) is 17.4 Å². The third-order valence-electron chi connectivity index (χ3n) is 3.62. The summed E-state index contributed by atoms with van der Waals surface area (Å²) in [6.07, 6.45) is 1.47. The Balaban J connectivity index is 1.84. The molecule has 2 heterocycles. The summed E-state index contributed by atoms with van der Waals surface area (Å²) in [5.41, 5.74) is 3.66. The number of hydrogen-bond acceptors (Lipinski definition) is 7. The van der Waals surface area contributed by atoms with Crippen LogP contribution in [0.4, 0.5) is 0 Å². The molecule has 2 N–H and O–H groups in total. The fourth-order valence-electron chi connectivity index (χ4n) is 2.29. The third kappa shape index (κ3) is 3.89. The molecule has 0 aliphatic rings. The van der Waals surface area contributed by atoms with Crippen molar-refractivity contribution in [1.82, 2.24) is 30.4 Å². The van der Waals surface area contributed by atoms with E-state index in [1.165, 1.54) is 17.8 Å². The molecule has 0 spiro atoms. The number of carbonyl (C=O) groups is 1. The Bertz CT molecular complexity index is 1070. The molecular formula is C17H17N7O3. The average molecular weight is 367 g/mol. The highest BCUT2D eigenvalue weighted by molar-refractivity contribution is 5.94. The van der Waals surface area contributed by atoms with E-state index in [1.54, 1.807) is 32.2 Å². The second kappa shape index (κ2) is 7.60. The molecule has 0 saturated heterocycles. The Kier molecular flexibility index (Phi) is 5.06. The number of carbonyl (C=O) groups excluding carboxylic acids is 1. The predicted octanol–water partition coefficient (Wildman–Crippen LogP) is 0.740. The number of rotatable bonds is 5. The zero-order valence-corrected chi connectivity index (χ0v) is 14.9. The van der Waals surface area contributed by atoms with Crippen molar-refractivity contribution in [2.24, 2.45) is 5.10 Å². The minimum Gasteiger partial charge on any atom is -0.496 e. The summed E-state index contributed by atoms with van der Waals surface area (Å²) in [5, 5.41) is 15.8. The zero-order valence-electron chi connectivity index (χ0n) is 14.9. The van der Waals surface area contributed by atoms with E-state index in [9.17, 15) is 9.59 Å². The number of ether oxygens (including phenoxy) is 1. The van der Waals surface area contributed by atoms with E-state index in [2.05, 4.69) is 30.8 Å². The van der Waals surface area contributed by atoms with E-state index in [0.717, 1.165) is 0 Å². The van der Waals surface area contributed by atoms with Gasteiger partial charge in [-0.3, -0.25) is 14.6 Å². The highest BCUT2D eigenvalue weighted by atomic mass is 16.5. The Morgan fingerprint density at radius 1 is 1.30 bits per heavy atom. The molecule has 0 fully saturated rings. The fraction of sp³-hybridized carbons (Fsp3) is 0.176. The lowest BCUT2D eigenvalue weighted by Gasteiger charge is -2.05. The maximum Gasteiger partial charge on any atom is 0.290 e. The lowest BCUT2D eigenvalue weighted by atomic mass is 10.2. The van der Waals surface area contributed by atoms with E-state index < -0.39 is 11.5 Å². The van der Waals surface area contributed by atoms with Crippen LogP contribution in [0.5, 0.6) is 5.75 Å². The van der Waals surface area contributed by atoms with Crippen molar-refractivity contribution in [3.8, 4) is 11.7 Å². The fourth-order valence-corrected chi connectivity index (χ4v) is 2.29. The van der Waals surface area contributed by atoms with Gasteiger partial charge < -0.3 is 4.74 Å². The van der Waals surface area contributed by atoms with Crippen molar-refractivity contribution in [2.75, 3.05) is 7.11 Å². The van der Waals surface area contributed by atoms with Crippen LogP contribution in [0.2, 0.25) is 0 Å². The largest absolute Gasteiger partial charge is 0.496 e. The molecule has 10 heteroatoms. The van der Waals surface area contributed by atoms with Gasteiger partial charge in [-0.1, -0.05) is 12.1 Å². The molecule has 10 nitrogen and oxygen atoms in total. The van der Waals surface area contributed by atoms with E-state index >= 15 is 0 Å². The topological polar surface area (TPSA) is 127 Å². The Hall–Kier alpha value is -3.82. The maximum atomic E-state index is 12.5. The van der Waals surface area contributed by atoms with Gasteiger partial charge in [0.15, 0.2) is 0 Å². The first-order valence-corrected chi connectivity index (χ1v) is 7.96. The molecule has 138 valence electrons. The molecule has 3 aromatic rings. The normalized spacial score (nSPS) is 10.9. The molecule has 0 unspecified atom stereocenters. The van der Waals surface area contributed by atoms with Gasteiger partial charge in [0, 0.05) is 5.56 Å². The first kappa shape index (κ1) is 18.0. The Morgan fingerprint density at radius 2 is 2.07 bits per heavy atom. The van der Waals surface area contributed by atoms with Crippen LogP contribution in [0.1, 0.15) is 27.4 Å². The lowest BCUT2D eigenvalue weighted by Crippen LogP contribution is -2.24. The molecule has 0 aliphatic carbocycles. The molecule has 27 heavy (non-hydrogen) atoms. The predicted molar refractivity (Wildman–Crippen MR) is 97.3 cm³/mol. The number of nitrogens with zero attached hydrogens (tertiary/aromatic N) is 5. The molecule has 3 rings (SSSR count). The van der Waals surface area contributed by atoms with Crippen molar-refractivity contribution in [3.05, 3.63) is 63.3 Å². The van der Waals surface area contributed by atoms with Gasteiger partial charge in [-0.05, 0) is 32.0 Å². The number of nitrogens with one attached hydrogen (secondary N) is 2. The molecule has 0 aliphatic heterocycles. The summed E-state index contributed by atoms with van der Waals surface area (Å²) in [4.78, 5) is 26.8. The van der Waals surface area contributed by atoms with Crippen molar-refractivity contribution in [3.63, 3.8) is 0 Å². The Labute approximate surface area is 153 Å². The van der Waals surface area contributed by atoms with Crippen molar-refractivity contribution in [1.29, 1.82) is 0 Å². The number of hydrazone groups is 1. The van der Waals surface area contributed by atoms with Gasteiger partial charge in [0.05, 0.1) is 19.0 Å². The van der Waals surface area contributed by atoms with Crippen LogP contribution in [0.15, 0.2) is 40.2 Å². The summed E-state index contributed by atoms with van der Waals surface area (Å²) in [6.45, 7) is 3.25. The monoisotopic (exact) mass is 367 g/mol. The quantitative estimate of drug-likeness (QED) is 0.506. The highest BCUT2D eigenvalue weighted by Crippen LogP contribution is 2.14. The molecule has 0 atom stereocenters. The van der Waals surface area contributed by atoms with E-state index in [0.29, 0.717) is 17.0 Å². The lowest BCUT2D eigenvalue weighted by molar-refractivity contribution is 0.0947. The molecule has 0 bridgehead atoms. The number of H-pyrrole nitrogens is 1. The van der Waals surface area contributed by atoms with Crippen molar-refractivity contribution < 1.29 is 9.53 Å². The number of benzene rings is 1. The molecule has 1 aromatic carbocycles. The van der Waals surface area contributed by atoms with E-state index in [1.807, 2.05) is 12.1 Å². The second-order valence-electron chi connectivity index (χ2n) is 5.59. The smallest absolute Gasteiger partial charge is 0.290 e. The number of aryl methyl sites for hydroxylation is 2. The number of aromatic amines is 1. The zero-order chi connectivity index (χ0) is 19.4. The summed E-state index contributed by atoms with van der Waals surface area (Å²) >= 11 is 0. The van der Waals surface area contributed by atoms with Gasteiger partial charge in [-0.2, -0.15) is 14.9 Å². The van der Waals surface area contributed by atoms with E-state index in [4.69, 9.17) is 4.74 Å². The number of aromatic nitrogens is 5. The molecular weight excluding hydrogens is 350 g/mol. The van der Waals surface area contributed by atoms with Gasteiger partial charge in [0.2, 0.25) is 0 Å². The number of methoxy groups -OCH3 is 1. The van der Waals surface area contributed by atoms with E-state index in [-0.39, 0.29) is 17.3 Å². The Morgan fingerprint density at radius 3 is 2.81 bits per heavy atom. The standard InChI is InChI=1S/C17H17N7O3/c1-10-8-13(24(23-10)17-19-15(25)11(2)20-22-17)16(26)21-18-9-12-6-4-5-7-14(12)27-3/h4-9H,1-3H3,(H,21,26)(H,19,22,25)/b18-9-. The first-order valence-electron chi connectivity index (χ1n) is 7.96. The van der Waals surface area contributed by atoms with Crippen molar-refractivity contribution >= 4 is 12.1 Å². The first-order chi connectivity index (χ1) is 13.0. The van der Waals surface area contributed by atoms with Crippen LogP contribution in [-0.2, 0) is 0 Å². The van der Waals surface area contributed by atoms with Crippen LogP contribution >= 0.6 is 0 Å². The van der Waals surface area contributed by atoms with Crippen molar-refractivity contribution in [2.45, 2.75) is 13.8 Å². The molecule has 1 amide bonds. The van der Waals surface area contributed by atoms with Crippen LogP contribution < -0.4 is 15.7 Å². The van der Waals surface area contributed by atoms with Crippen LogP contribution in [-0.4, -0.2) is 44.2 Å². The second-order valence-corrected chi connectivity index (χ2v) is 5.59. The van der Waals surface area contributed by atoms with Gasteiger partial charge >= 0.3 is 0 Å².